The van der Waals surface area contributed by atoms with E-state index in [0.29, 0.717) is 5.56 Å². The second-order valence-electron chi connectivity index (χ2n) is 4.07. The van der Waals surface area contributed by atoms with Crippen molar-refractivity contribution in [2.75, 3.05) is 0 Å². The SMILES string of the molecule is FC(F)(F)c1ccccc1C1CCCC1. The van der Waals surface area contributed by atoms with E-state index in [9.17, 15) is 13.2 Å². The monoisotopic (exact) mass is 214 g/mol. The molecule has 0 spiro atoms. The first-order valence-electron chi connectivity index (χ1n) is 5.25. The van der Waals surface area contributed by atoms with E-state index >= 15 is 0 Å². The lowest BCUT2D eigenvalue weighted by molar-refractivity contribution is -0.138. The van der Waals surface area contributed by atoms with E-state index in [2.05, 4.69) is 0 Å². The molecule has 0 unspecified atom stereocenters. The van der Waals surface area contributed by atoms with Crippen LogP contribution in [0.4, 0.5) is 13.2 Å². The van der Waals surface area contributed by atoms with Gasteiger partial charge in [0.2, 0.25) is 0 Å². The van der Waals surface area contributed by atoms with Gasteiger partial charge in [0.15, 0.2) is 0 Å². The summed E-state index contributed by atoms with van der Waals surface area (Å²) in [6.07, 6.45) is -0.312. The molecule has 0 nitrogen and oxygen atoms in total. The number of benzene rings is 1. The van der Waals surface area contributed by atoms with Crippen LogP contribution in [-0.4, -0.2) is 0 Å². The van der Waals surface area contributed by atoms with Crippen molar-refractivity contribution in [2.45, 2.75) is 37.8 Å². The van der Waals surface area contributed by atoms with Crippen LogP contribution in [0.1, 0.15) is 42.7 Å². The van der Waals surface area contributed by atoms with Gasteiger partial charge in [-0.1, -0.05) is 31.0 Å². The van der Waals surface area contributed by atoms with Crippen LogP contribution in [0.5, 0.6) is 0 Å². The molecule has 0 atom stereocenters. The molecular formula is C12H13F3. The zero-order chi connectivity index (χ0) is 10.9. The van der Waals surface area contributed by atoms with Gasteiger partial charge in [0, 0.05) is 0 Å². The van der Waals surface area contributed by atoms with E-state index in [-0.39, 0.29) is 5.92 Å². The van der Waals surface area contributed by atoms with Gasteiger partial charge in [0.1, 0.15) is 0 Å². The van der Waals surface area contributed by atoms with Crippen molar-refractivity contribution >= 4 is 0 Å². The summed E-state index contributed by atoms with van der Waals surface area (Å²) in [5.74, 6) is 0.114. The molecule has 1 fully saturated rings. The van der Waals surface area contributed by atoms with Crippen molar-refractivity contribution in [1.29, 1.82) is 0 Å². The molecule has 0 radical (unpaired) electrons. The lowest BCUT2D eigenvalue weighted by atomic mass is 9.93. The molecule has 0 aromatic heterocycles. The quantitative estimate of drug-likeness (QED) is 0.651. The largest absolute Gasteiger partial charge is 0.416 e. The topological polar surface area (TPSA) is 0 Å². The standard InChI is InChI=1S/C12H13F3/c13-12(14,15)11-8-4-3-7-10(11)9-5-1-2-6-9/h3-4,7-9H,1-2,5-6H2. The Balaban J connectivity index is 2.37. The summed E-state index contributed by atoms with van der Waals surface area (Å²) in [6.45, 7) is 0. The van der Waals surface area contributed by atoms with Gasteiger partial charge in [-0.3, -0.25) is 0 Å². The molecule has 1 aliphatic carbocycles. The Labute approximate surface area is 87.1 Å². The lowest BCUT2D eigenvalue weighted by Gasteiger charge is -2.17. The average molecular weight is 214 g/mol. The predicted molar refractivity (Wildman–Crippen MR) is 52.7 cm³/mol. The van der Waals surface area contributed by atoms with E-state index in [0.717, 1.165) is 25.7 Å². The highest BCUT2D eigenvalue weighted by Gasteiger charge is 2.35. The molecule has 15 heavy (non-hydrogen) atoms. The third-order valence-corrected chi connectivity index (χ3v) is 3.06. The van der Waals surface area contributed by atoms with E-state index in [1.165, 1.54) is 12.1 Å². The first-order chi connectivity index (χ1) is 7.09. The zero-order valence-corrected chi connectivity index (χ0v) is 8.35. The van der Waals surface area contributed by atoms with Gasteiger partial charge in [-0.2, -0.15) is 13.2 Å². The van der Waals surface area contributed by atoms with Crippen LogP contribution in [0.2, 0.25) is 0 Å². The fourth-order valence-electron chi connectivity index (χ4n) is 2.35. The number of hydrogen-bond acceptors (Lipinski definition) is 0. The van der Waals surface area contributed by atoms with Gasteiger partial charge in [-0.15, -0.1) is 0 Å². The van der Waals surface area contributed by atoms with Gasteiger partial charge in [0.05, 0.1) is 5.56 Å². The second-order valence-corrected chi connectivity index (χ2v) is 4.07. The molecule has 1 saturated carbocycles. The molecule has 1 aromatic rings. The summed E-state index contributed by atoms with van der Waals surface area (Å²) in [5, 5.41) is 0. The van der Waals surface area contributed by atoms with Crippen LogP contribution < -0.4 is 0 Å². The summed E-state index contributed by atoms with van der Waals surface area (Å²) in [5.41, 5.74) is 0.0411. The number of hydrogen-bond donors (Lipinski definition) is 0. The Bertz CT molecular complexity index is 335. The molecule has 2 rings (SSSR count). The Morgan fingerprint density at radius 1 is 1.00 bits per heavy atom. The highest BCUT2D eigenvalue weighted by Crippen LogP contribution is 2.41. The minimum Gasteiger partial charge on any atom is -0.166 e. The first kappa shape index (κ1) is 10.5. The molecule has 0 N–H and O–H groups in total. The van der Waals surface area contributed by atoms with Crippen molar-refractivity contribution in [3.8, 4) is 0 Å². The Kier molecular flexibility index (Phi) is 2.72. The Hall–Kier alpha value is -0.990. The third-order valence-electron chi connectivity index (χ3n) is 3.06. The average Bonchev–Trinajstić information content (AvgIpc) is 2.69. The maximum atomic E-state index is 12.7. The summed E-state index contributed by atoms with van der Waals surface area (Å²) < 4.78 is 38.1. The molecule has 0 aliphatic heterocycles. The van der Waals surface area contributed by atoms with Crippen LogP contribution in [-0.2, 0) is 6.18 Å². The Morgan fingerprint density at radius 3 is 2.20 bits per heavy atom. The number of alkyl halides is 3. The number of rotatable bonds is 1. The molecule has 1 aliphatic rings. The lowest BCUT2D eigenvalue weighted by Crippen LogP contribution is -2.10. The van der Waals surface area contributed by atoms with Crippen molar-refractivity contribution < 1.29 is 13.2 Å². The van der Waals surface area contributed by atoms with E-state index in [4.69, 9.17) is 0 Å². The summed E-state index contributed by atoms with van der Waals surface area (Å²) >= 11 is 0. The molecule has 3 heteroatoms. The van der Waals surface area contributed by atoms with Crippen LogP contribution >= 0.6 is 0 Å². The van der Waals surface area contributed by atoms with Crippen molar-refractivity contribution in [1.82, 2.24) is 0 Å². The molecule has 0 saturated heterocycles. The van der Waals surface area contributed by atoms with Crippen LogP contribution in [0.25, 0.3) is 0 Å². The summed E-state index contributed by atoms with van der Waals surface area (Å²) in [4.78, 5) is 0. The van der Waals surface area contributed by atoms with Crippen LogP contribution in [0, 0.1) is 0 Å². The second kappa shape index (κ2) is 3.87. The van der Waals surface area contributed by atoms with Crippen LogP contribution in [0.15, 0.2) is 24.3 Å². The fraction of sp³-hybridized carbons (Fsp3) is 0.500. The molecule has 82 valence electrons. The summed E-state index contributed by atoms with van der Waals surface area (Å²) in [6, 6.07) is 5.97. The fourth-order valence-corrected chi connectivity index (χ4v) is 2.35. The van der Waals surface area contributed by atoms with E-state index in [1.54, 1.807) is 12.1 Å². The van der Waals surface area contributed by atoms with Crippen molar-refractivity contribution in [3.63, 3.8) is 0 Å². The molecule has 0 amide bonds. The molecular weight excluding hydrogens is 201 g/mol. The maximum absolute atomic E-state index is 12.7. The Morgan fingerprint density at radius 2 is 1.60 bits per heavy atom. The smallest absolute Gasteiger partial charge is 0.166 e. The molecule has 1 aromatic carbocycles. The highest BCUT2D eigenvalue weighted by atomic mass is 19.4. The van der Waals surface area contributed by atoms with Gasteiger partial charge in [-0.05, 0) is 30.4 Å². The molecule has 0 heterocycles. The number of halogens is 3. The van der Waals surface area contributed by atoms with Crippen LogP contribution in [0.3, 0.4) is 0 Å². The van der Waals surface area contributed by atoms with Gasteiger partial charge >= 0.3 is 6.18 Å². The first-order valence-corrected chi connectivity index (χ1v) is 5.25. The molecule has 0 bridgehead atoms. The van der Waals surface area contributed by atoms with E-state index < -0.39 is 11.7 Å². The normalized spacial score (nSPS) is 18.3. The third kappa shape index (κ3) is 2.16. The van der Waals surface area contributed by atoms with Gasteiger partial charge in [0.25, 0.3) is 0 Å². The predicted octanol–water partition coefficient (Wildman–Crippen LogP) is 4.36. The maximum Gasteiger partial charge on any atom is 0.416 e. The minimum absolute atomic E-state index is 0.114. The van der Waals surface area contributed by atoms with Crippen molar-refractivity contribution in [3.05, 3.63) is 35.4 Å². The van der Waals surface area contributed by atoms with Crippen molar-refractivity contribution in [2.24, 2.45) is 0 Å². The minimum atomic E-state index is -4.21. The highest BCUT2D eigenvalue weighted by molar-refractivity contribution is 5.33. The van der Waals surface area contributed by atoms with Gasteiger partial charge in [-0.25, -0.2) is 0 Å². The van der Waals surface area contributed by atoms with E-state index in [1.807, 2.05) is 0 Å². The summed E-state index contributed by atoms with van der Waals surface area (Å²) in [7, 11) is 0. The zero-order valence-electron chi connectivity index (χ0n) is 8.35. The van der Waals surface area contributed by atoms with Gasteiger partial charge < -0.3 is 0 Å².